The van der Waals surface area contributed by atoms with E-state index in [1.807, 2.05) is 11.8 Å². The molecule has 118 valence electrons. The zero-order valence-corrected chi connectivity index (χ0v) is 13.6. The number of amides is 1. The molecule has 0 aromatic heterocycles. The molecule has 2 saturated heterocycles. The van der Waals surface area contributed by atoms with Crippen LogP contribution >= 0.6 is 11.8 Å². The van der Waals surface area contributed by atoms with Crippen molar-refractivity contribution >= 4 is 17.7 Å². The first-order valence-electron chi connectivity index (χ1n) is 8.28. The maximum atomic E-state index is 12.9. The summed E-state index contributed by atoms with van der Waals surface area (Å²) in [5, 5.41) is 3.40. The Morgan fingerprint density at radius 2 is 2.00 bits per heavy atom. The average molecular weight is 317 g/mol. The number of benzene rings is 1. The summed E-state index contributed by atoms with van der Waals surface area (Å²) in [6.45, 7) is 6.25. The van der Waals surface area contributed by atoms with E-state index in [9.17, 15) is 4.79 Å². The van der Waals surface area contributed by atoms with E-state index in [1.165, 1.54) is 10.5 Å². The van der Waals surface area contributed by atoms with Gasteiger partial charge in [-0.05, 0) is 18.1 Å². The normalized spacial score (nSPS) is 28.8. The minimum absolute atomic E-state index is 0.0722. The summed E-state index contributed by atoms with van der Waals surface area (Å²) < 4.78 is 0. The van der Waals surface area contributed by atoms with Crippen LogP contribution in [0.2, 0.25) is 0 Å². The molecule has 1 amide bonds. The largest absolute Gasteiger partial charge is 0.341 e. The van der Waals surface area contributed by atoms with Gasteiger partial charge in [-0.1, -0.05) is 18.2 Å². The van der Waals surface area contributed by atoms with Gasteiger partial charge in [-0.3, -0.25) is 9.69 Å². The van der Waals surface area contributed by atoms with Crippen LogP contribution in [0.15, 0.2) is 29.2 Å². The van der Waals surface area contributed by atoms with Gasteiger partial charge in [0.25, 0.3) is 0 Å². The van der Waals surface area contributed by atoms with Crippen molar-refractivity contribution in [2.24, 2.45) is 0 Å². The molecule has 1 N–H and O–H groups in total. The van der Waals surface area contributed by atoms with Gasteiger partial charge in [-0.25, -0.2) is 0 Å². The highest BCUT2D eigenvalue weighted by Crippen LogP contribution is 2.40. The molecule has 0 aliphatic carbocycles. The van der Waals surface area contributed by atoms with Gasteiger partial charge in [0.15, 0.2) is 0 Å². The maximum absolute atomic E-state index is 12.9. The molecule has 0 radical (unpaired) electrons. The third-order valence-corrected chi connectivity index (χ3v) is 6.32. The number of rotatable bonds is 2. The van der Waals surface area contributed by atoms with Crippen molar-refractivity contribution in [1.29, 1.82) is 0 Å². The van der Waals surface area contributed by atoms with Gasteiger partial charge in [0.2, 0.25) is 5.91 Å². The van der Waals surface area contributed by atoms with Crippen molar-refractivity contribution in [3.05, 3.63) is 29.8 Å². The molecule has 1 aromatic rings. The summed E-state index contributed by atoms with van der Waals surface area (Å²) in [6.07, 6.45) is 1.13. The fourth-order valence-electron chi connectivity index (χ4n) is 3.87. The summed E-state index contributed by atoms with van der Waals surface area (Å²) >= 11 is 1.83. The van der Waals surface area contributed by atoms with Crippen LogP contribution in [-0.4, -0.2) is 66.8 Å². The number of piperazine rings is 1. The fraction of sp³-hybridized carbons (Fsp3) is 0.588. The summed E-state index contributed by atoms with van der Waals surface area (Å²) in [6, 6.07) is 8.95. The Bertz CT molecular complexity index is 559. The van der Waals surface area contributed by atoms with E-state index < -0.39 is 0 Å². The van der Waals surface area contributed by atoms with Crippen molar-refractivity contribution in [2.75, 3.05) is 45.0 Å². The molecular weight excluding hydrogens is 294 g/mol. The molecule has 0 saturated carbocycles. The van der Waals surface area contributed by atoms with Gasteiger partial charge < -0.3 is 10.2 Å². The number of hydrogen-bond acceptors (Lipinski definition) is 4. The predicted octanol–water partition coefficient (Wildman–Crippen LogP) is 1.38. The second-order valence-electron chi connectivity index (χ2n) is 6.41. The van der Waals surface area contributed by atoms with Gasteiger partial charge in [0.05, 0.1) is 5.92 Å². The minimum Gasteiger partial charge on any atom is -0.341 e. The highest BCUT2D eigenvalue weighted by atomic mass is 32.2. The molecule has 3 aliphatic heterocycles. The van der Waals surface area contributed by atoms with E-state index in [1.54, 1.807) is 0 Å². The summed E-state index contributed by atoms with van der Waals surface area (Å²) in [5.74, 6) is 1.32. The van der Waals surface area contributed by atoms with Gasteiger partial charge >= 0.3 is 0 Å². The molecule has 2 unspecified atom stereocenters. The minimum atomic E-state index is 0.0722. The molecule has 1 aromatic carbocycles. The summed E-state index contributed by atoms with van der Waals surface area (Å²) in [4.78, 5) is 18.9. The number of hydrogen-bond donors (Lipinski definition) is 1. The number of fused-ring (bicyclic) bond motifs is 1. The lowest BCUT2D eigenvalue weighted by Gasteiger charge is -2.32. The van der Waals surface area contributed by atoms with Gasteiger partial charge in [0.1, 0.15) is 0 Å². The average Bonchev–Trinajstić information content (AvgIpc) is 3.22. The number of thioether (sulfide) groups is 1. The molecule has 4 rings (SSSR count). The topological polar surface area (TPSA) is 35.6 Å². The zero-order chi connectivity index (χ0) is 14.9. The Labute approximate surface area is 136 Å². The Hall–Kier alpha value is -1.04. The van der Waals surface area contributed by atoms with Crippen molar-refractivity contribution in [3.63, 3.8) is 0 Å². The first kappa shape index (κ1) is 14.5. The highest BCUT2D eigenvalue weighted by molar-refractivity contribution is 7.99. The van der Waals surface area contributed by atoms with Crippen LogP contribution in [0.4, 0.5) is 0 Å². The lowest BCUT2D eigenvalue weighted by atomic mass is 10.00. The van der Waals surface area contributed by atoms with Crippen LogP contribution in [0.1, 0.15) is 17.9 Å². The third-order valence-electron chi connectivity index (χ3n) is 5.14. The molecule has 0 spiro atoms. The van der Waals surface area contributed by atoms with Crippen molar-refractivity contribution < 1.29 is 4.79 Å². The van der Waals surface area contributed by atoms with Crippen LogP contribution in [0.25, 0.3) is 0 Å². The van der Waals surface area contributed by atoms with Gasteiger partial charge in [-0.2, -0.15) is 0 Å². The number of carbonyl (C=O) groups excluding carboxylic acids is 1. The molecule has 2 fully saturated rings. The first-order valence-corrected chi connectivity index (χ1v) is 9.27. The number of nitrogens with zero attached hydrogens (tertiary/aromatic N) is 2. The van der Waals surface area contributed by atoms with Crippen molar-refractivity contribution in [3.8, 4) is 0 Å². The summed E-state index contributed by atoms with van der Waals surface area (Å²) in [5.41, 5.74) is 1.24. The molecule has 2 atom stereocenters. The number of nitrogens with one attached hydrogen (secondary N) is 1. The van der Waals surface area contributed by atoms with E-state index >= 15 is 0 Å². The van der Waals surface area contributed by atoms with Crippen LogP contribution in [0, 0.1) is 0 Å². The van der Waals surface area contributed by atoms with Gasteiger partial charge in [0, 0.05) is 56.0 Å². The zero-order valence-electron chi connectivity index (χ0n) is 12.8. The van der Waals surface area contributed by atoms with Gasteiger partial charge in [-0.15, -0.1) is 11.8 Å². The first-order chi connectivity index (χ1) is 10.8. The second kappa shape index (κ2) is 6.22. The summed E-state index contributed by atoms with van der Waals surface area (Å²) in [7, 11) is 0. The molecule has 0 bridgehead atoms. The number of likely N-dealkylation sites (tertiary alicyclic amines) is 1. The Balaban J connectivity index is 1.42. The molecule has 22 heavy (non-hydrogen) atoms. The fourth-order valence-corrected chi connectivity index (χ4v) is 5.09. The molecule has 3 aliphatic rings. The van der Waals surface area contributed by atoms with E-state index in [4.69, 9.17) is 0 Å². The van der Waals surface area contributed by atoms with E-state index in [0.717, 1.165) is 51.4 Å². The Morgan fingerprint density at radius 1 is 1.18 bits per heavy atom. The second-order valence-corrected chi connectivity index (χ2v) is 7.48. The smallest absolute Gasteiger partial charge is 0.231 e. The van der Waals surface area contributed by atoms with Crippen LogP contribution in [-0.2, 0) is 4.79 Å². The SMILES string of the molecule is O=C(C1CSc2ccccc21)N1CCC(N2CCNCC2)C1. The molecular formula is C17H23N3OS. The van der Waals surface area contributed by atoms with E-state index in [2.05, 4.69) is 39.4 Å². The van der Waals surface area contributed by atoms with E-state index in [-0.39, 0.29) is 5.92 Å². The van der Waals surface area contributed by atoms with E-state index in [0.29, 0.717) is 11.9 Å². The van der Waals surface area contributed by atoms with Crippen molar-refractivity contribution in [2.45, 2.75) is 23.3 Å². The van der Waals surface area contributed by atoms with Crippen LogP contribution in [0.5, 0.6) is 0 Å². The lowest BCUT2D eigenvalue weighted by molar-refractivity contribution is -0.131. The predicted molar refractivity (Wildman–Crippen MR) is 89.3 cm³/mol. The van der Waals surface area contributed by atoms with Crippen LogP contribution < -0.4 is 5.32 Å². The standard InChI is InChI=1S/C17H23N3OS/c21-17(15-12-22-16-4-2-1-3-14(15)16)20-8-5-13(11-20)19-9-6-18-7-10-19/h1-4,13,15,18H,5-12H2. The Kier molecular flexibility index (Phi) is 4.11. The quantitative estimate of drug-likeness (QED) is 0.894. The molecule has 5 heteroatoms. The third kappa shape index (κ3) is 2.66. The monoisotopic (exact) mass is 317 g/mol. The molecule has 3 heterocycles. The highest BCUT2D eigenvalue weighted by Gasteiger charge is 2.37. The Morgan fingerprint density at radius 3 is 2.86 bits per heavy atom. The van der Waals surface area contributed by atoms with Crippen LogP contribution in [0.3, 0.4) is 0 Å². The van der Waals surface area contributed by atoms with Crippen molar-refractivity contribution in [1.82, 2.24) is 15.1 Å². The maximum Gasteiger partial charge on any atom is 0.231 e. The molecule has 4 nitrogen and oxygen atoms in total. The number of carbonyl (C=O) groups is 1. The lowest BCUT2D eigenvalue weighted by Crippen LogP contribution is -2.49.